The lowest BCUT2D eigenvalue weighted by atomic mass is 10.2. The Balaban J connectivity index is 2.36. The molecule has 0 radical (unpaired) electrons. The Morgan fingerprint density at radius 1 is 1.43 bits per heavy atom. The van der Waals surface area contributed by atoms with Gasteiger partial charge in [-0.3, -0.25) is 4.79 Å². The minimum absolute atomic E-state index is 0.188. The van der Waals surface area contributed by atoms with E-state index in [1.54, 1.807) is 6.07 Å². The van der Waals surface area contributed by atoms with E-state index in [2.05, 4.69) is 0 Å². The van der Waals surface area contributed by atoms with Gasteiger partial charge in [0.15, 0.2) is 5.78 Å². The topological polar surface area (TPSA) is 20.3 Å². The van der Waals surface area contributed by atoms with Gasteiger partial charge >= 0.3 is 0 Å². The van der Waals surface area contributed by atoms with Crippen LogP contribution in [-0.2, 0) is 4.79 Å². The first-order valence-corrected chi connectivity index (χ1v) is 4.70. The van der Waals surface area contributed by atoms with Crippen LogP contribution in [0, 0.1) is 12.7 Å². The fourth-order valence-corrected chi connectivity index (χ4v) is 1.85. The minimum atomic E-state index is -0.236. The van der Waals surface area contributed by atoms with Crippen LogP contribution in [0.15, 0.2) is 18.2 Å². The fourth-order valence-electron chi connectivity index (χ4n) is 1.85. The van der Waals surface area contributed by atoms with Gasteiger partial charge in [-0.25, -0.2) is 4.39 Å². The Bertz CT molecular complexity index is 355. The Kier molecular flexibility index (Phi) is 2.23. The van der Waals surface area contributed by atoms with E-state index in [0.717, 1.165) is 5.56 Å². The molecular formula is C11H12FNO. The molecule has 1 aromatic carbocycles. The zero-order valence-corrected chi connectivity index (χ0v) is 8.09. The zero-order valence-electron chi connectivity index (χ0n) is 8.09. The van der Waals surface area contributed by atoms with E-state index in [-0.39, 0.29) is 11.6 Å². The number of hydrogen-bond acceptors (Lipinski definition) is 2. The van der Waals surface area contributed by atoms with E-state index in [1.165, 1.54) is 6.07 Å². The summed E-state index contributed by atoms with van der Waals surface area (Å²) >= 11 is 0. The van der Waals surface area contributed by atoms with E-state index in [9.17, 15) is 9.18 Å². The van der Waals surface area contributed by atoms with Gasteiger partial charge in [0.25, 0.3) is 0 Å². The molecule has 0 aliphatic carbocycles. The number of Topliss-reactive ketones (excluding diaryl/α,β-unsaturated/α-hetero) is 1. The standard InChI is InChI=1S/C11H12FNO/c1-8-3-2-4-10(12)11(8)13-6-5-9(14)7-13/h2-4H,5-7H2,1H3. The van der Waals surface area contributed by atoms with Gasteiger partial charge < -0.3 is 4.90 Å². The summed E-state index contributed by atoms with van der Waals surface area (Å²) in [5, 5.41) is 0. The van der Waals surface area contributed by atoms with Crippen LogP contribution in [0.4, 0.5) is 10.1 Å². The third-order valence-electron chi connectivity index (χ3n) is 2.53. The van der Waals surface area contributed by atoms with Crippen molar-refractivity contribution in [2.24, 2.45) is 0 Å². The van der Waals surface area contributed by atoms with Crippen molar-refractivity contribution in [3.8, 4) is 0 Å². The summed E-state index contributed by atoms with van der Waals surface area (Å²) in [6.07, 6.45) is 0.535. The number of aryl methyl sites for hydroxylation is 1. The largest absolute Gasteiger partial charge is 0.361 e. The smallest absolute Gasteiger partial charge is 0.153 e. The van der Waals surface area contributed by atoms with Gasteiger partial charge in [-0.15, -0.1) is 0 Å². The molecule has 1 aliphatic heterocycles. The van der Waals surface area contributed by atoms with Gasteiger partial charge in [0.2, 0.25) is 0 Å². The van der Waals surface area contributed by atoms with Crippen molar-refractivity contribution in [3.63, 3.8) is 0 Å². The van der Waals surface area contributed by atoms with Gasteiger partial charge in [0.1, 0.15) is 5.82 Å². The van der Waals surface area contributed by atoms with Crippen LogP contribution < -0.4 is 4.90 Å². The first-order valence-electron chi connectivity index (χ1n) is 4.70. The van der Waals surface area contributed by atoms with E-state index in [1.807, 2.05) is 17.9 Å². The minimum Gasteiger partial charge on any atom is -0.361 e. The number of ketones is 1. The molecule has 0 atom stereocenters. The summed E-state index contributed by atoms with van der Waals surface area (Å²) in [5.74, 6) is -0.0487. The summed E-state index contributed by atoms with van der Waals surface area (Å²) in [7, 11) is 0. The maximum Gasteiger partial charge on any atom is 0.153 e. The summed E-state index contributed by atoms with van der Waals surface area (Å²) in [6.45, 7) is 2.85. The third-order valence-corrected chi connectivity index (χ3v) is 2.53. The van der Waals surface area contributed by atoms with Crippen LogP contribution in [0.3, 0.4) is 0 Å². The first kappa shape index (κ1) is 9.19. The molecule has 0 bridgehead atoms. The first-order chi connectivity index (χ1) is 6.68. The van der Waals surface area contributed by atoms with Crippen molar-refractivity contribution in [2.45, 2.75) is 13.3 Å². The van der Waals surface area contributed by atoms with E-state index < -0.39 is 0 Å². The molecule has 0 saturated carbocycles. The van der Waals surface area contributed by atoms with Gasteiger partial charge in [0, 0.05) is 13.0 Å². The molecule has 3 heteroatoms. The number of hydrogen-bond donors (Lipinski definition) is 0. The molecule has 1 aromatic rings. The molecule has 74 valence electrons. The lowest BCUT2D eigenvalue weighted by Gasteiger charge is -2.19. The van der Waals surface area contributed by atoms with Crippen molar-refractivity contribution in [1.29, 1.82) is 0 Å². The quantitative estimate of drug-likeness (QED) is 0.679. The van der Waals surface area contributed by atoms with Gasteiger partial charge in [-0.2, -0.15) is 0 Å². The number of carbonyl (C=O) groups is 1. The normalized spacial score (nSPS) is 16.4. The van der Waals surface area contributed by atoms with Crippen molar-refractivity contribution in [1.82, 2.24) is 0 Å². The van der Waals surface area contributed by atoms with E-state index in [0.29, 0.717) is 25.2 Å². The summed E-state index contributed by atoms with van der Waals surface area (Å²) in [6, 6.07) is 4.98. The Morgan fingerprint density at radius 2 is 2.21 bits per heavy atom. The molecule has 0 aromatic heterocycles. The van der Waals surface area contributed by atoms with Crippen molar-refractivity contribution in [3.05, 3.63) is 29.6 Å². The molecule has 14 heavy (non-hydrogen) atoms. The SMILES string of the molecule is Cc1cccc(F)c1N1CCC(=O)C1. The van der Waals surface area contributed by atoms with Crippen LogP contribution in [-0.4, -0.2) is 18.9 Å². The lowest BCUT2D eigenvalue weighted by Crippen LogP contribution is -2.21. The molecular weight excluding hydrogens is 181 g/mol. The number of nitrogens with zero attached hydrogens (tertiary/aromatic N) is 1. The molecule has 1 aliphatic rings. The van der Waals surface area contributed by atoms with Crippen LogP contribution in [0.5, 0.6) is 0 Å². The third kappa shape index (κ3) is 1.50. The number of para-hydroxylation sites is 1. The number of anilines is 1. The highest BCUT2D eigenvalue weighted by Gasteiger charge is 2.22. The van der Waals surface area contributed by atoms with Crippen LogP contribution in [0.25, 0.3) is 0 Å². The molecule has 0 amide bonds. The number of benzene rings is 1. The Hall–Kier alpha value is -1.38. The second-order valence-corrected chi connectivity index (χ2v) is 3.62. The maximum absolute atomic E-state index is 13.5. The van der Waals surface area contributed by atoms with E-state index >= 15 is 0 Å². The van der Waals surface area contributed by atoms with Crippen molar-refractivity contribution < 1.29 is 9.18 Å². The van der Waals surface area contributed by atoms with Gasteiger partial charge in [0.05, 0.1) is 12.2 Å². The molecule has 0 unspecified atom stereocenters. The van der Waals surface area contributed by atoms with Gasteiger partial charge in [-0.1, -0.05) is 12.1 Å². The molecule has 1 heterocycles. The average Bonchev–Trinajstić information content (AvgIpc) is 2.51. The highest BCUT2D eigenvalue weighted by Crippen LogP contribution is 2.25. The van der Waals surface area contributed by atoms with Crippen LogP contribution in [0.2, 0.25) is 0 Å². The second-order valence-electron chi connectivity index (χ2n) is 3.62. The van der Waals surface area contributed by atoms with Crippen molar-refractivity contribution >= 4 is 11.5 Å². The number of rotatable bonds is 1. The molecule has 2 nitrogen and oxygen atoms in total. The molecule has 0 N–H and O–H groups in total. The number of carbonyl (C=O) groups excluding carboxylic acids is 1. The summed E-state index contributed by atoms with van der Waals surface area (Å²) in [4.78, 5) is 12.9. The molecule has 0 spiro atoms. The summed E-state index contributed by atoms with van der Waals surface area (Å²) < 4.78 is 13.5. The highest BCUT2D eigenvalue weighted by atomic mass is 19.1. The summed E-state index contributed by atoms with van der Waals surface area (Å²) in [5.41, 5.74) is 1.47. The lowest BCUT2D eigenvalue weighted by molar-refractivity contribution is -0.116. The zero-order chi connectivity index (χ0) is 10.1. The van der Waals surface area contributed by atoms with Crippen molar-refractivity contribution in [2.75, 3.05) is 18.0 Å². The predicted octanol–water partition coefficient (Wildman–Crippen LogP) is 1.91. The molecule has 1 saturated heterocycles. The Morgan fingerprint density at radius 3 is 2.79 bits per heavy atom. The Labute approximate surface area is 82.3 Å². The molecule has 2 rings (SSSR count). The number of halogens is 1. The van der Waals surface area contributed by atoms with E-state index in [4.69, 9.17) is 0 Å². The molecule has 1 fully saturated rings. The monoisotopic (exact) mass is 193 g/mol. The van der Waals surface area contributed by atoms with Crippen LogP contribution >= 0.6 is 0 Å². The van der Waals surface area contributed by atoms with Gasteiger partial charge in [-0.05, 0) is 18.6 Å². The second kappa shape index (κ2) is 3.40. The maximum atomic E-state index is 13.5. The predicted molar refractivity (Wildman–Crippen MR) is 53.0 cm³/mol. The van der Waals surface area contributed by atoms with Crippen LogP contribution in [0.1, 0.15) is 12.0 Å². The average molecular weight is 193 g/mol. The highest BCUT2D eigenvalue weighted by molar-refractivity contribution is 5.87. The fraction of sp³-hybridized carbons (Fsp3) is 0.364.